The fraction of sp³-hybridized carbons (Fsp3) is 0.381. The zero-order chi connectivity index (χ0) is 20.1. The summed E-state index contributed by atoms with van der Waals surface area (Å²) < 4.78 is 26.8. The van der Waals surface area contributed by atoms with E-state index in [1.807, 2.05) is 31.2 Å². The molecule has 3 rings (SSSR count). The lowest BCUT2D eigenvalue weighted by atomic mass is 9.97. The molecule has 0 saturated carbocycles. The van der Waals surface area contributed by atoms with Gasteiger partial charge < -0.3 is 5.32 Å². The lowest BCUT2D eigenvalue weighted by molar-refractivity contribution is -0.126. The van der Waals surface area contributed by atoms with Crippen LogP contribution in [0.15, 0.2) is 48.5 Å². The number of aryl methyl sites for hydroxylation is 1. The Kier molecular flexibility index (Phi) is 6.75. The molecule has 0 unspecified atom stereocenters. The van der Waals surface area contributed by atoms with Crippen molar-refractivity contribution in [3.05, 3.63) is 70.2 Å². The summed E-state index contributed by atoms with van der Waals surface area (Å²) in [6, 6.07) is 14.9. The van der Waals surface area contributed by atoms with Crippen LogP contribution in [0.4, 0.5) is 0 Å². The van der Waals surface area contributed by atoms with Crippen LogP contribution >= 0.6 is 11.6 Å². The van der Waals surface area contributed by atoms with Crippen LogP contribution in [-0.4, -0.2) is 31.7 Å². The van der Waals surface area contributed by atoms with Gasteiger partial charge in [-0.1, -0.05) is 53.6 Å². The molecule has 2 aromatic carbocycles. The second kappa shape index (κ2) is 9.07. The zero-order valence-corrected chi connectivity index (χ0v) is 17.5. The first kappa shape index (κ1) is 20.8. The van der Waals surface area contributed by atoms with Crippen molar-refractivity contribution in [1.82, 2.24) is 9.62 Å². The van der Waals surface area contributed by atoms with Crippen molar-refractivity contribution in [3.63, 3.8) is 0 Å². The number of rotatable bonds is 6. The van der Waals surface area contributed by atoms with Gasteiger partial charge in [-0.05, 0) is 43.0 Å². The van der Waals surface area contributed by atoms with Gasteiger partial charge in [-0.3, -0.25) is 4.79 Å². The summed E-state index contributed by atoms with van der Waals surface area (Å²) in [6.07, 6.45) is 1.07. The summed E-state index contributed by atoms with van der Waals surface area (Å²) in [5.41, 5.74) is 2.89. The molecule has 0 spiro atoms. The number of carbonyl (C=O) groups excluding carboxylic acids is 1. The van der Waals surface area contributed by atoms with Gasteiger partial charge in [0.15, 0.2) is 0 Å². The van der Waals surface area contributed by atoms with Gasteiger partial charge >= 0.3 is 0 Å². The van der Waals surface area contributed by atoms with Crippen LogP contribution < -0.4 is 5.32 Å². The largest absolute Gasteiger partial charge is 0.352 e. The molecule has 1 aliphatic rings. The van der Waals surface area contributed by atoms with E-state index in [9.17, 15) is 13.2 Å². The molecule has 1 heterocycles. The van der Waals surface area contributed by atoms with Gasteiger partial charge in [-0.2, -0.15) is 0 Å². The molecule has 0 aromatic heterocycles. The minimum absolute atomic E-state index is 0.00612. The Hall–Kier alpha value is -1.89. The van der Waals surface area contributed by atoms with E-state index >= 15 is 0 Å². The van der Waals surface area contributed by atoms with E-state index in [0.717, 1.165) is 11.1 Å². The van der Waals surface area contributed by atoms with Crippen molar-refractivity contribution in [2.24, 2.45) is 5.92 Å². The number of carbonyl (C=O) groups is 1. The van der Waals surface area contributed by atoms with E-state index in [-0.39, 0.29) is 17.6 Å². The third kappa shape index (κ3) is 5.56. The molecule has 1 saturated heterocycles. The van der Waals surface area contributed by atoms with Crippen LogP contribution in [0.3, 0.4) is 0 Å². The number of hydrogen-bond donors (Lipinski definition) is 1. The van der Waals surface area contributed by atoms with Gasteiger partial charge in [0.05, 0.1) is 5.75 Å². The Balaban J connectivity index is 1.51. The molecule has 1 amide bonds. The third-order valence-electron chi connectivity index (χ3n) is 5.01. The highest BCUT2D eigenvalue weighted by molar-refractivity contribution is 7.88. The molecule has 0 bridgehead atoms. The number of nitrogens with zero attached hydrogens (tertiary/aromatic N) is 1. The van der Waals surface area contributed by atoms with E-state index in [1.54, 1.807) is 24.3 Å². The molecule has 0 radical (unpaired) electrons. The summed E-state index contributed by atoms with van der Waals surface area (Å²) in [4.78, 5) is 12.4. The Labute approximate surface area is 171 Å². The van der Waals surface area contributed by atoms with Crippen molar-refractivity contribution in [1.29, 1.82) is 0 Å². The Bertz CT molecular complexity index is 938. The average Bonchev–Trinajstić information content (AvgIpc) is 2.66. The van der Waals surface area contributed by atoms with Crippen molar-refractivity contribution in [2.75, 3.05) is 13.1 Å². The fourth-order valence-electron chi connectivity index (χ4n) is 3.48. The highest BCUT2D eigenvalue weighted by Gasteiger charge is 2.31. The van der Waals surface area contributed by atoms with E-state index < -0.39 is 10.0 Å². The van der Waals surface area contributed by atoms with Crippen molar-refractivity contribution in [3.8, 4) is 0 Å². The monoisotopic (exact) mass is 420 g/mol. The topological polar surface area (TPSA) is 66.5 Å². The van der Waals surface area contributed by atoms with Crippen LogP contribution in [0.2, 0.25) is 5.02 Å². The first-order valence-corrected chi connectivity index (χ1v) is 11.4. The van der Waals surface area contributed by atoms with Gasteiger partial charge in [0.25, 0.3) is 0 Å². The number of nitrogens with one attached hydrogen (secondary N) is 1. The molecule has 1 N–H and O–H groups in total. The van der Waals surface area contributed by atoms with Crippen molar-refractivity contribution >= 4 is 27.5 Å². The van der Waals surface area contributed by atoms with E-state index in [1.165, 1.54) is 4.31 Å². The van der Waals surface area contributed by atoms with Crippen LogP contribution in [0.25, 0.3) is 0 Å². The van der Waals surface area contributed by atoms with E-state index in [0.29, 0.717) is 43.1 Å². The molecule has 7 heteroatoms. The molecular formula is C21H25ClN2O3S. The summed E-state index contributed by atoms with van der Waals surface area (Å²) in [7, 11) is -3.42. The molecule has 0 aliphatic carbocycles. The quantitative estimate of drug-likeness (QED) is 0.777. The predicted octanol–water partition coefficient (Wildman–Crippen LogP) is 3.51. The molecule has 1 fully saturated rings. The van der Waals surface area contributed by atoms with Gasteiger partial charge in [0.1, 0.15) is 0 Å². The highest BCUT2D eigenvalue weighted by Crippen LogP contribution is 2.23. The SMILES string of the molecule is Cc1cccc(CNC(=O)C2CCN(S(=O)(=O)Cc3cccc(Cl)c3)CC2)c1. The second-order valence-corrected chi connectivity index (χ2v) is 9.67. The molecule has 0 atom stereocenters. The summed E-state index contributed by atoms with van der Waals surface area (Å²) >= 11 is 5.94. The lowest BCUT2D eigenvalue weighted by Gasteiger charge is -2.30. The number of halogens is 1. The summed E-state index contributed by atoms with van der Waals surface area (Å²) in [6.45, 7) is 3.25. The van der Waals surface area contributed by atoms with Gasteiger partial charge in [0.2, 0.25) is 15.9 Å². The maximum Gasteiger partial charge on any atom is 0.223 e. The molecular weight excluding hydrogens is 396 g/mol. The van der Waals surface area contributed by atoms with E-state index in [4.69, 9.17) is 11.6 Å². The standard InChI is InChI=1S/C21H25ClN2O3S/c1-16-4-2-5-17(12-16)14-23-21(25)19-8-10-24(11-9-19)28(26,27)15-18-6-3-7-20(22)13-18/h2-7,12-13,19H,8-11,14-15H2,1H3,(H,23,25). The number of piperidine rings is 1. The Morgan fingerprint density at radius 3 is 2.46 bits per heavy atom. The van der Waals surface area contributed by atoms with Crippen LogP contribution in [0.5, 0.6) is 0 Å². The number of hydrogen-bond acceptors (Lipinski definition) is 3. The molecule has 1 aliphatic heterocycles. The van der Waals surface area contributed by atoms with Gasteiger partial charge in [-0.25, -0.2) is 12.7 Å². The van der Waals surface area contributed by atoms with Crippen molar-refractivity contribution in [2.45, 2.75) is 32.1 Å². The Morgan fingerprint density at radius 1 is 1.11 bits per heavy atom. The smallest absolute Gasteiger partial charge is 0.223 e. The minimum Gasteiger partial charge on any atom is -0.352 e. The second-order valence-electron chi connectivity index (χ2n) is 7.27. The Morgan fingerprint density at radius 2 is 1.79 bits per heavy atom. The first-order chi connectivity index (χ1) is 13.3. The van der Waals surface area contributed by atoms with Crippen LogP contribution in [-0.2, 0) is 27.1 Å². The summed E-state index contributed by atoms with van der Waals surface area (Å²) in [5.74, 6) is -0.228. The fourth-order valence-corrected chi connectivity index (χ4v) is 5.24. The summed E-state index contributed by atoms with van der Waals surface area (Å²) in [5, 5.41) is 3.50. The highest BCUT2D eigenvalue weighted by atomic mass is 35.5. The van der Waals surface area contributed by atoms with E-state index in [2.05, 4.69) is 5.32 Å². The predicted molar refractivity (Wildman–Crippen MR) is 111 cm³/mol. The molecule has 2 aromatic rings. The van der Waals surface area contributed by atoms with Gasteiger partial charge in [0, 0.05) is 30.6 Å². The molecule has 5 nitrogen and oxygen atoms in total. The first-order valence-electron chi connectivity index (χ1n) is 9.39. The van der Waals surface area contributed by atoms with Crippen LogP contribution in [0, 0.1) is 12.8 Å². The molecule has 150 valence electrons. The third-order valence-corrected chi connectivity index (χ3v) is 7.09. The number of benzene rings is 2. The molecule has 28 heavy (non-hydrogen) atoms. The normalized spacial score (nSPS) is 16.1. The van der Waals surface area contributed by atoms with Crippen molar-refractivity contribution < 1.29 is 13.2 Å². The maximum atomic E-state index is 12.7. The lowest BCUT2D eigenvalue weighted by Crippen LogP contribution is -2.43. The van der Waals surface area contributed by atoms with Gasteiger partial charge in [-0.15, -0.1) is 0 Å². The maximum absolute atomic E-state index is 12.7. The minimum atomic E-state index is -3.42. The number of amides is 1. The van der Waals surface area contributed by atoms with Crippen LogP contribution in [0.1, 0.15) is 29.5 Å². The zero-order valence-electron chi connectivity index (χ0n) is 15.9. The number of sulfonamides is 1. The average molecular weight is 421 g/mol.